The summed E-state index contributed by atoms with van der Waals surface area (Å²) in [5.41, 5.74) is 0.707. The summed E-state index contributed by atoms with van der Waals surface area (Å²) in [6.45, 7) is 4.61. The molecule has 5 rings (SSSR count). The maximum atomic E-state index is 14.1. The molecular weight excluding hydrogens is 545 g/mol. The minimum Gasteiger partial charge on any atom is -0.478 e. The lowest BCUT2D eigenvalue weighted by Gasteiger charge is -2.42. The van der Waals surface area contributed by atoms with E-state index in [1.165, 1.54) is 6.07 Å². The molecule has 0 bridgehead atoms. The fourth-order valence-electron chi connectivity index (χ4n) is 5.88. The maximum Gasteiger partial charge on any atom is 0.416 e. The van der Waals surface area contributed by atoms with Crippen LogP contribution in [0.2, 0.25) is 0 Å². The number of benzene rings is 1. The normalized spacial score (nSPS) is 18.9. The molecule has 1 aromatic carbocycles. The van der Waals surface area contributed by atoms with Gasteiger partial charge >= 0.3 is 6.18 Å². The molecule has 1 amide bonds. The minimum atomic E-state index is -4.54. The number of likely N-dealkylation sites (N-methyl/N-ethyl adjacent to an activating group) is 1. The van der Waals surface area contributed by atoms with Gasteiger partial charge in [0.1, 0.15) is 6.07 Å². The quantitative estimate of drug-likeness (QED) is 0.431. The molecule has 8 nitrogen and oxygen atoms in total. The van der Waals surface area contributed by atoms with Gasteiger partial charge in [-0.3, -0.25) is 9.78 Å². The van der Waals surface area contributed by atoms with E-state index >= 15 is 0 Å². The molecule has 2 saturated heterocycles. The molecular formula is C31H33F3N6O2. The van der Waals surface area contributed by atoms with E-state index in [0.29, 0.717) is 49.8 Å². The standard InChI is InChI=1S/C31H33F3N6O2/c1-3-42-28-25(21-5-4-13-36-19-21)7-9-27(38-28)30(29(41)37-24-10-14-39(2)20-24)11-15-40(16-12-30)26-8-6-23(31(32,33)34)17-22(26)18-35/h4-9,13,17,19,24H,3,10-12,14-16,20H2,1-2H3,(H,37,41)/t24-/m1/s1. The predicted octanol–water partition coefficient (Wildman–Crippen LogP) is 4.79. The predicted molar refractivity (Wildman–Crippen MR) is 152 cm³/mol. The van der Waals surface area contributed by atoms with E-state index in [2.05, 4.69) is 15.2 Å². The Kier molecular flexibility index (Phi) is 8.36. The Labute approximate surface area is 243 Å². The fraction of sp³-hybridized carbons (Fsp3) is 0.419. The maximum absolute atomic E-state index is 14.1. The van der Waals surface area contributed by atoms with Gasteiger partial charge in [-0.25, -0.2) is 4.98 Å². The minimum absolute atomic E-state index is 0.0125. The van der Waals surface area contributed by atoms with Crippen LogP contribution in [0.25, 0.3) is 11.1 Å². The molecule has 3 aromatic rings. The zero-order valence-electron chi connectivity index (χ0n) is 23.6. The number of nitrogens with one attached hydrogen (secondary N) is 1. The molecule has 1 atom stereocenters. The average Bonchev–Trinajstić information content (AvgIpc) is 3.41. The van der Waals surface area contributed by atoms with Crippen molar-refractivity contribution in [3.05, 3.63) is 71.7 Å². The molecule has 220 valence electrons. The Hall–Kier alpha value is -4.17. The summed E-state index contributed by atoms with van der Waals surface area (Å²) in [5, 5.41) is 12.9. The monoisotopic (exact) mass is 578 g/mol. The van der Waals surface area contributed by atoms with Crippen LogP contribution in [0.4, 0.5) is 18.9 Å². The summed E-state index contributed by atoms with van der Waals surface area (Å²) >= 11 is 0. The van der Waals surface area contributed by atoms with Crippen LogP contribution in [0, 0.1) is 11.3 Å². The highest BCUT2D eigenvalue weighted by molar-refractivity contribution is 5.89. The summed E-state index contributed by atoms with van der Waals surface area (Å²) in [6.07, 6.45) is 0.440. The number of pyridine rings is 2. The second-order valence-electron chi connectivity index (χ2n) is 10.9. The molecule has 0 spiro atoms. The number of carbonyl (C=O) groups excluding carboxylic acids is 1. The van der Waals surface area contributed by atoms with Gasteiger partial charge in [0, 0.05) is 49.2 Å². The number of nitriles is 1. The highest BCUT2D eigenvalue weighted by Crippen LogP contribution is 2.41. The zero-order valence-corrected chi connectivity index (χ0v) is 23.6. The van der Waals surface area contributed by atoms with Crippen molar-refractivity contribution in [1.29, 1.82) is 5.26 Å². The molecule has 0 saturated carbocycles. The first kappa shape index (κ1) is 29.3. The van der Waals surface area contributed by atoms with Crippen LogP contribution >= 0.6 is 0 Å². The SMILES string of the molecule is CCOc1nc(C2(C(=O)N[C@@H]3CCN(C)C3)CCN(c3ccc(C(F)(F)F)cc3C#N)CC2)ccc1-c1cccnc1. The molecule has 42 heavy (non-hydrogen) atoms. The van der Waals surface area contributed by atoms with E-state index in [-0.39, 0.29) is 17.5 Å². The van der Waals surface area contributed by atoms with Gasteiger partial charge in [0.05, 0.1) is 34.5 Å². The van der Waals surface area contributed by atoms with Gasteiger partial charge in [-0.2, -0.15) is 18.4 Å². The molecule has 2 aliphatic heterocycles. The van der Waals surface area contributed by atoms with E-state index in [4.69, 9.17) is 9.72 Å². The van der Waals surface area contributed by atoms with E-state index in [9.17, 15) is 23.2 Å². The van der Waals surface area contributed by atoms with Crippen molar-refractivity contribution >= 4 is 11.6 Å². The Morgan fingerprint density at radius 1 is 1.19 bits per heavy atom. The number of likely N-dealkylation sites (tertiary alicyclic amines) is 1. The lowest BCUT2D eigenvalue weighted by Crippen LogP contribution is -2.54. The molecule has 11 heteroatoms. The van der Waals surface area contributed by atoms with Crippen molar-refractivity contribution in [2.75, 3.05) is 44.7 Å². The Morgan fingerprint density at radius 2 is 1.98 bits per heavy atom. The number of ether oxygens (including phenoxy) is 1. The highest BCUT2D eigenvalue weighted by atomic mass is 19.4. The highest BCUT2D eigenvalue weighted by Gasteiger charge is 2.46. The van der Waals surface area contributed by atoms with E-state index in [1.54, 1.807) is 12.4 Å². The third kappa shape index (κ3) is 5.90. The van der Waals surface area contributed by atoms with Gasteiger partial charge in [0.2, 0.25) is 11.8 Å². The number of nitrogens with zero attached hydrogens (tertiary/aromatic N) is 5. The average molecular weight is 579 g/mol. The number of halogens is 3. The van der Waals surface area contributed by atoms with Crippen LogP contribution in [-0.2, 0) is 16.4 Å². The molecule has 2 aliphatic rings. The van der Waals surface area contributed by atoms with E-state index < -0.39 is 17.2 Å². The number of hydrogen-bond acceptors (Lipinski definition) is 7. The third-order valence-electron chi connectivity index (χ3n) is 8.17. The number of amides is 1. The largest absolute Gasteiger partial charge is 0.478 e. The fourth-order valence-corrected chi connectivity index (χ4v) is 5.88. The number of hydrogen-bond donors (Lipinski definition) is 1. The number of rotatable bonds is 7. The molecule has 2 fully saturated rings. The Balaban J connectivity index is 1.49. The van der Waals surface area contributed by atoms with Crippen LogP contribution in [-0.4, -0.2) is 66.7 Å². The second-order valence-corrected chi connectivity index (χ2v) is 10.9. The van der Waals surface area contributed by atoms with E-state index in [0.717, 1.165) is 42.8 Å². The lowest BCUT2D eigenvalue weighted by molar-refractivity contribution is -0.137. The van der Waals surface area contributed by atoms with Crippen molar-refractivity contribution in [3.8, 4) is 23.1 Å². The second kappa shape index (κ2) is 12.0. The number of piperidine rings is 1. The summed E-state index contributed by atoms with van der Waals surface area (Å²) < 4.78 is 45.8. The molecule has 0 unspecified atom stereocenters. The number of carbonyl (C=O) groups is 1. The van der Waals surface area contributed by atoms with Crippen molar-refractivity contribution < 1.29 is 22.7 Å². The summed E-state index contributed by atoms with van der Waals surface area (Å²) in [6, 6.07) is 12.7. The van der Waals surface area contributed by atoms with Crippen molar-refractivity contribution in [3.63, 3.8) is 0 Å². The van der Waals surface area contributed by atoms with Crippen LogP contribution in [0.15, 0.2) is 54.9 Å². The molecule has 2 aromatic heterocycles. The van der Waals surface area contributed by atoms with Crippen molar-refractivity contribution in [2.24, 2.45) is 0 Å². The van der Waals surface area contributed by atoms with Gasteiger partial charge in [0.15, 0.2) is 0 Å². The topological polar surface area (TPSA) is 94.4 Å². The summed E-state index contributed by atoms with van der Waals surface area (Å²) in [7, 11) is 2.02. The number of aromatic nitrogens is 2. The number of anilines is 1. The number of alkyl halides is 3. The lowest BCUT2D eigenvalue weighted by atomic mass is 9.73. The summed E-state index contributed by atoms with van der Waals surface area (Å²) in [5.74, 6) is 0.284. The Bertz CT molecular complexity index is 1470. The molecule has 4 heterocycles. The van der Waals surface area contributed by atoms with Gasteiger partial charge in [0.25, 0.3) is 0 Å². The smallest absolute Gasteiger partial charge is 0.416 e. The first-order valence-electron chi connectivity index (χ1n) is 14.0. The molecule has 1 N–H and O–H groups in total. The van der Waals surface area contributed by atoms with Gasteiger partial charge in [-0.15, -0.1) is 0 Å². The molecule has 0 radical (unpaired) electrons. The Morgan fingerprint density at radius 3 is 2.60 bits per heavy atom. The van der Waals surface area contributed by atoms with Crippen LogP contribution < -0.4 is 15.0 Å². The first-order valence-corrected chi connectivity index (χ1v) is 14.0. The van der Waals surface area contributed by atoms with Gasteiger partial charge in [-0.1, -0.05) is 6.07 Å². The third-order valence-corrected chi connectivity index (χ3v) is 8.17. The van der Waals surface area contributed by atoms with Crippen LogP contribution in [0.1, 0.15) is 43.0 Å². The summed E-state index contributed by atoms with van der Waals surface area (Å²) in [4.78, 5) is 27.3. The first-order chi connectivity index (χ1) is 20.1. The van der Waals surface area contributed by atoms with Crippen molar-refractivity contribution in [2.45, 2.75) is 43.8 Å². The van der Waals surface area contributed by atoms with Crippen LogP contribution in [0.3, 0.4) is 0 Å². The molecule has 0 aliphatic carbocycles. The van der Waals surface area contributed by atoms with E-state index in [1.807, 2.05) is 49.2 Å². The van der Waals surface area contributed by atoms with Gasteiger partial charge in [-0.05, 0) is 76.2 Å². The van der Waals surface area contributed by atoms with Crippen molar-refractivity contribution in [1.82, 2.24) is 20.2 Å². The van der Waals surface area contributed by atoms with Gasteiger partial charge < -0.3 is 19.9 Å². The zero-order chi connectivity index (χ0) is 29.9. The van der Waals surface area contributed by atoms with Crippen LogP contribution in [0.5, 0.6) is 5.88 Å².